The first-order valence-corrected chi connectivity index (χ1v) is 9.75. The van der Waals surface area contributed by atoms with Crippen molar-refractivity contribution in [2.45, 2.75) is 13.5 Å². The molecule has 1 aromatic heterocycles. The molecule has 1 heterocycles. The first-order valence-electron chi connectivity index (χ1n) is 9.37. The minimum atomic E-state index is -0.333. The Bertz CT molecular complexity index is 1200. The van der Waals surface area contributed by atoms with Crippen molar-refractivity contribution < 1.29 is 9.53 Å². The summed E-state index contributed by atoms with van der Waals surface area (Å²) < 4.78 is 7.69. The SMILES string of the molecule is CCn1c2ccccc2c2cc(C=NNC(=O)COc3ccc(Cl)cc3)ccc21. The molecular weight excluding hydrogens is 386 g/mol. The summed E-state index contributed by atoms with van der Waals surface area (Å²) in [6.07, 6.45) is 1.64. The zero-order valence-corrected chi connectivity index (χ0v) is 16.7. The van der Waals surface area contributed by atoms with Crippen LogP contribution in [0.1, 0.15) is 12.5 Å². The number of nitrogens with one attached hydrogen (secondary N) is 1. The summed E-state index contributed by atoms with van der Waals surface area (Å²) in [6.45, 7) is 2.92. The maximum Gasteiger partial charge on any atom is 0.277 e. The van der Waals surface area contributed by atoms with E-state index in [1.54, 1.807) is 30.5 Å². The predicted octanol–water partition coefficient (Wildman–Crippen LogP) is 5.00. The molecule has 6 heteroatoms. The van der Waals surface area contributed by atoms with Gasteiger partial charge in [-0.2, -0.15) is 5.10 Å². The summed E-state index contributed by atoms with van der Waals surface area (Å²) in [5.41, 5.74) is 5.80. The first kappa shape index (κ1) is 19.0. The lowest BCUT2D eigenvalue weighted by molar-refractivity contribution is -0.123. The van der Waals surface area contributed by atoms with Crippen molar-refractivity contribution in [3.8, 4) is 5.75 Å². The fourth-order valence-corrected chi connectivity index (χ4v) is 3.51. The van der Waals surface area contributed by atoms with Crippen molar-refractivity contribution in [3.05, 3.63) is 77.3 Å². The van der Waals surface area contributed by atoms with Crippen LogP contribution in [0.15, 0.2) is 71.8 Å². The molecule has 0 fully saturated rings. The minimum absolute atomic E-state index is 0.123. The van der Waals surface area contributed by atoms with Gasteiger partial charge in [-0.1, -0.05) is 35.9 Å². The van der Waals surface area contributed by atoms with Crippen LogP contribution >= 0.6 is 11.6 Å². The van der Waals surface area contributed by atoms with E-state index < -0.39 is 0 Å². The van der Waals surface area contributed by atoms with Crippen LogP contribution in [-0.2, 0) is 11.3 Å². The second-order valence-electron chi connectivity index (χ2n) is 6.57. The van der Waals surface area contributed by atoms with E-state index in [0.717, 1.165) is 12.1 Å². The number of rotatable bonds is 6. The number of hydrogen-bond donors (Lipinski definition) is 1. The number of aryl methyl sites for hydroxylation is 1. The van der Waals surface area contributed by atoms with Gasteiger partial charge in [-0.15, -0.1) is 0 Å². The Labute approximate surface area is 173 Å². The Balaban J connectivity index is 1.45. The van der Waals surface area contributed by atoms with Crippen LogP contribution in [0.2, 0.25) is 5.02 Å². The van der Waals surface area contributed by atoms with E-state index in [1.807, 2.05) is 12.1 Å². The third-order valence-corrected chi connectivity index (χ3v) is 4.95. The highest BCUT2D eigenvalue weighted by Crippen LogP contribution is 2.29. The third kappa shape index (κ3) is 4.10. The molecule has 0 aliphatic heterocycles. The number of para-hydroxylation sites is 1. The van der Waals surface area contributed by atoms with Crippen LogP contribution in [0.4, 0.5) is 0 Å². The van der Waals surface area contributed by atoms with Crippen molar-refractivity contribution in [3.63, 3.8) is 0 Å². The van der Waals surface area contributed by atoms with Gasteiger partial charge in [0.05, 0.1) is 6.21 Å². The van der Waals surface area contributed by atoms with Crippen molar-refractivity contribution in [2.75, 3.05) is 6.61 Å². The molecule has 4 aromatic rings. The Hall–Kier alpha value is -3.31. The molecule has 0 unspecified atom stereocenters. The van der Waals surface area contributed by atoms with Gasteiger partial charge in [-0.05, 0) is 55.0 Å². The zero-order chi connectivity index (χ0) is 20.2. The van der Waals surface area contributed by atoms with Crippen LogP contribution < -0.4 is 10.2 Å². The summed E-state index contributed by atoms with van der Waals surface area (Å²) in [5, 5.41) is 7.04. The summed E-state index contributed by atoms with van der Waals surface area (Å²) in [4.78, 5) is 11.9. The number of benzene rings is 3. The molecule has 0 aliphatic carbocycles. The van der Waals surface area contributed by atoms with Gasteiger partial charge in [0, 0.05) is 33.4 Å². The molecule has 0 saturated heterocycles. The molecule has 0 radical (unpaired) electrons. The lowest BCUT2D eigenvalue weighted by Gasteiger charge is -2.05. The summed E-state index contributed by atoms with van der Waals surface area (Å²) in [6, 6.07) is 21.4. The summed E-state index contributed by atoms with van der Waals surface area (Å²) in [5.74, 6) is 0.242. The van der Waals surface area contributed by atoms with Crippen molar-refractivity contribution in [1.29, 1.82) is 0 Å². The van der Waals surface area contributed by atoms with E-state index in [-0.39, 0.29) is 12.5 Å². The number of nitrogens with zero attached hydrogens (tertiary/aromatic N) is 2. The fourth-order valence-electron chi connectivity index (χ4n) is 3.38. The Kier molecular flexibility index (Phi) is 5.49. The lowest BCUT2D eigenvalue weighted by atomic mass is 10.1. The standard InChI is InChI=1S/C23H20ClN3O2/c1-2-27-21-6-4-3-5-19(21)20-13-16(7-12-22(20)27)14-25-26-23(28)15-29-18-10-8-17(24)9-11-18/h3-14H,2,15H2,1H3,(H,26,28). The van der Waals surface area contributed by atoms with Gasteiger partial charge in [0.25, 0.3) is 5.91 Å². The molecule has 0 spiro atoms. The molecule has 146 valence electrons. The third-order valence-electron chi connectivity index (χ3n) is 4.70. The summed E-state index contributed by atoms with van der Waals surface area (Å²) in [7, 11) is 0. The van der Waals surface area contributed by atoms with Crippen LogP contribution in [0, 0.1) is 0 Å². The number of amides is 1. The lowest BCUT2D eigenvalue weighted by Crippen LogP contribution is -2.24. The highest BCUT2D eigenvalue weighted by atomic mass is 35.5. The van der Waals surface area contributed by atoms with Gasteiger partial charge < -0.3 is 9.30 Å². The van der Waals surface area contributed by atoms with Crippen LogP contribution in [0.25, 0.3) is 21.8 Å². The van der Waals surface area contributed by atoms with E-state index in [2.05, 4.69) is 52.3 Å². The Morgan fingerprint density at radius 2 is 1.83 bits per heavy atom. The van der Waals surface area contributed by atoms with Gasteiger partial charge in [-0.3, -0.25) is 4.79 Å². The molecule has 5 nitrogen and oxygen atoms in total. The highest BCUT2D eigenvalue weighted by Gasteiger charge is 2.09. The molecule has 1 amide bonds. The second-order valence-corrected chi connectivity index (χ2v) is 7.01. The Morgan fingerprint density at radius 1 is 1.07 bits per heavy atom. The molecule has 4 rings (SSSR count). The average molecular weight is 406 g/mol. The summed E-state index contributed by atoms with van der Waals surface area (Å²) >= 11 is 5.82. The topological polar surface area (TPSA) is 55.6 Å². The van der Waals surface area contributed by atoms with Gasteiger partial charge in [-0.25, -0.2) is 5.43 Å². The number of carbonyl (C=O) groups excluding carboxylic acids is 1. The van der Waals surface area contributed by atoms with Crippen LogP contribution in [0.5, 0.6) is 5.75 Å². The number of carbonyl (C=O) groups is 1. The highest BCUT2D eigenvalue weighted by molar-refractivity contribution is 6.30. The van der Waals surface area contributed by atoms with Crippen molar-refractivity contribution in [1.82, 2.24) is 9.99 Å². The monoisotopic (exact) mass is 405 g/mol. The molecule has 0 aliphatic rings. The minimum Gasteiger partial charge on any atom is -0.484 e. The smallest absolute Gasteiger partial charge is 0.277 e. The van der Waals surface area contributed by atoms with E-state index in [9.17, 15) is 4.79 Å². The number of aromatic nitrogens is 1. The number of ether oxygens (including phenoxy) is 1. The predicted molar refractivity (Wildman–Crippen MR) is 118 cm³/mol. The first-order chi connectivity index (χ1) is 14.2. The molecule has 1 N–H and O–H groups in total. The molecule has 3 aromatic carbocycles. The van der Waals surface area contributed by atoms with Crippen LogP contribution in [-0.4, -0.2) is 23.3 Å². The van der Waals surface area contributed by atoms with E-state index in [1.165, 1.54) is 21.8 Å². The fraction of sp³-hybridized carbons (Fsp3) is 0.130. The maximum absolute atomic E-state index is 11.9. The van der Waals surface area contributed by atoms with Gasteiger partial charge in [0.15, 0.2) is 6.61 Å². The maximum atomic E-state index is 11.9. The molecule has 29 heavy (non-hydrogen) atoms. The number of halogens is 1. The number of hydrazone groups is 1. The van der Waals surface area contributed by atoms with Gasteiger partial charge in [0.2, 0.25) is 0 Å². The molecule has 0 saturated carbocycles. The van der Waals surface area contributed by atoms with E-state index in [4.69, 9.17) is 16.3 Å². The average Bonchev–Trinajstić information content (AvgIpc) is 3.06. The zero-order valence-electron chi connectivity index (χ0n) is 15.9. The normalized spacial score (nSPS) is 11.4. The quantitative estimate of drug-likeness (QED) is 0.362. The number of hydrogen-bond acceptors (Lipinski definition) is 3. The number of fused-ring (bicyclic) bond motifs is 3. The van der Waals surface area contributed by atoms with Crippen LogP contribution in [0.3, 0.4) is 0 Å². The molecule has 0 atom stereocenters. The van der Waals surface area contributed by atoms with Crippen molar-refractivity contribution in [2.24, 2.45) is 5.10 Å². The largest absolute Gasteiger partial charge is 0.484 e. The van der Waals surface area contributed by atoms with Crippen molar-refractivity contribution >= 4 is 45.5 Å². The molecular formula is C23H20ClN3O2. The van der Waals surface area contributed by atoms with Gasteiger partial charge in [0.1, 0.15) is 5.75 Å². The second kappa shape index (κ2) is 8.37. The molecule has 0 bridgehead atoms. The van der Waals surface area contributed by atoms with E-state index >= 15 is 0 Å². The van der Waals surface area contributed by atoms with E-state index in [0.29, 0.717) is 10.8 Å². The van der Waals surface area contributed by atoms with Gasteiger partial charge >= 0.3 is 0 Å². The Morgan fingerprint density at radius 3 is 2.62 bits per heavy atom.